The molecule has 0 bridgehead atoms. The van der Waals surface area contributed by atoms with Gasteiger partial charge in [-0.05, 0) is 123 Å². The number of hydrogen-bond donors (Lipinski definition) is 17. The molecule has 1 unspecified atom stereocenters. The minimum atomic E-state index is -1.92. The Hall–Kier alpha value is -1.91. The van der Waals surface area contributed by atoms with Crippen molar-refractivity contribution in [1.82, 2.24) is 0 Å². The lowest BCUT2D eigenvalue weighted by Crippen LogP contribution is -2.67. The minimum Gasteiger partial charge on any atom is -0.432 e. The van der Waals surface area contributed by atoms with Crippen LogP contribution in [0.3, 0.4) is 0 Å². The van der Waals surface area contributed by atoms with E-state index in [9.17, 15) is 86.8 Å². The lowest BCUT2D eigenvalue weighted by atomic mass is 9.33. The van der Waals surface area contributed by atoms with Crippen molar-refractivity contribution in [3.8, 4) is 0 Å². The molecule has 6 aliphatic heterocycles. The van der Waals surface area contributed by atoms with E-state index in [1.165, 1.54) is 19.4 Å². The van der Waals surface area contributed by atoms with Crippen LogP contribution in [0.4, 0.5) is 0 Å². The fraction of sp³-hybridized carbons (Fsp3) is 0.954. The molecule has 30 nitrogen and oxygen atoms in total. The fourth-order valence-electron chi connectivity index (χ4n) is 19.0. The van der Waals surface area contributed by atoms with Crippen LogP contribution in [0.1, 0.15) is 127 Å². The highest BCUT2D eigenvalue weighted by atomic mass is 16.8. The van der Waals surface area contributed by atoms with Gasteiger partial charge in [0.1, 0.15) is 128 Å². The van der Waals surface area contributed by atoms with E-state index in [0.717, 1.165) is 12.8 Å². The largest absolute Gasteiger partial charge is 0.432 e. The van der Waals surface area contributed by atoms with Crippen LogP contribution >= 0.6 is 0 Å². The third-order valence-corrected chi connectivity index (χ3v) is 25.2. The quantitative estimate of drug-likeness (QED) is 0.0426. The second kappa shape index (κ2) is 27.7. The molecule has 4 saturated carbocycles. The number of allylic oxidation sites excluding steroid dienone is 2. The summed E-state index contributed by atoms with van der Waals surface area (Å²) in [6.07, 6.45) is -38.8. The highest BCUT2D eigenvalue weighted by molar-refractivity contribution is 5.79. The first-order chi connectivity index (χ1) is 44.5. The van der Waals surface area contributed by atoms with Crippen molar-refractivity contribution in [3.63, 3.8) is 0 Å². The number of rotatable bonds is 15. The van der Waals surface area contributed by atoms with E-state index in [0.29, 0.717) is 51.4 Å². The molecule has 0 aromatic carbocycles. The zero-order chi connectivity index (χ0) is 69.3. The van der Waals surface area contributed by atoms with Gasteiger partial charge >= 0.3 is 5.97 Å². The van der Waals surface area contributed by atoms with E-state index in [1.807, 2.05) is 0 Å². The Bertz CT molecular complexity index is 2670. The molecule has 10 fully saturated rings. The van der Waals surface area contributed by atoms with Crippen LogP contribution in [-0.4, -0.2) is 303 Å². The van der Waals surface area contributed by atoms with Crippen LogP contribution in [-0.2, 0) is 61.6 Å². The highest BCUT2D eigenvalue weighted by Crippen LogP contribution is 2.76. The van der Waals surface area contributed by atoms with Gasteiger partial charge in [0.05, 0.1) is 50.2 Å². The van der Waals surface area contributed by atoms with Gasteiger partial charge in [0.25, 0.3) is 0 Å². The van der Waals surface area contributed by atoms with Gasteiger partial charge in [0.15, 0.2) is 31.5 Å². The minimum absolute atomic E-state index is 0.0592. The van der Waals surface area contributed by atoms with Gasteiger partial charge in [0, 0.05) is 0 Å². The van der Waals surface area contributed by atoms with E-state index in [-0.39, 0.29) is 40.6 Å². The first-order valence-electron chi connectivity index (χ1n) is 34.0. The first-order valence-corrected chi connectivity index (χ1v) is 34.0. The van der Waals surface area contributed by atoms with Crippen LogP contribution in [0.25, 0.3) is 0 Å². The van der Waals surface area contributed by atoms with Crippen LogP contribution < -0.4 is 0 Å². The SMILES string of the molecule is C[C@@H]1O[C@@H](O[C@H]2[C@H](O[C@H]3CC[C@]4(C)[C@H]5CC=C6C7CC(C)(C)CC[C@]7(C(=O)O[C@@H]7O[C@H](CO[C@@H]8O[C@H](CO)[C@@H](O[C@@H]9O[C@@H](C)[C@H](O)[C@@H](O)[C@H]9O)[C@H](O)[C@H]8O)[C@@H](O)[C@H](O)[C@H]7O)CC[C@@]6(C)[C@]5(C)CC[C@H]4C3(C)C)OC[C@H](O)[C@@H]2O[C@@H]2O[C@H](CO)[C@H](O)[C@H](O)[C@H]2O)[C@H](O)[C@H](O)[C@H]1O. The van der Waals surface area contributed by atoms with Crippen molar-refractivity contribution < 1.29 is 148 Å². The maximum Gasteiger partial charge on any atom is 0.315 e. The van der Waals surface area contributed by atoms with Crippen molar-refractivity contribution in [3.05, 3.63) is 11.6 Å². The normalized spacial score (nSPS) is 54.6. The van der Waals surface area contributed by atoms with Crippen molar-refractivity contribution in [2.75, 3.05) is 26.4 Å². The molecular weight excluding hydrogens is 1260 g/mol. The molecule has 546 valence electrons. The van der Waals surface area contributed by atoms with E-state index in [1.54, 1.807) is 0 Å². The molecule has 6 heterocycles. The predicted octanol–water partition coefficient (Wildman–Crippen LogP) is -3.69. The molecular formula is C65H106O30. The number of aliphatic hydroxyl groups excluding tert-OH is 17. The molecule has 0 radical (unpaired) electrons. The maximum atomic E-state index is 15.3. The molecule has 0 spiro atoms. The van der Waals surface area contributed by atoms with E-state index in [4.69, 9.17) is 56.8 Å². The van der Waals surface area contributed by atoms with Crippen LogP contribution in [0.5, 0.6) is 0 Å². The number of carbonyl (C=O) groups excluding carboxylic acids is 1. The Labute approximate surface area is 551 Å². The van der Waals surface area contributed by atoms with Gasteiger partial charge in [0.2, 0.25) is 6.29 Å². The summed E-state index contributed by atoms with van der Waals surface area (Å²) in [6.45, 7) is 16.1. The topological polar surface area (TPSA) is 472 Å². The zero-order valence-electron chi connectivity index (χ0n) is 55.4. The van der Waals surface area contributed by atoms with Crippen LogP contribution in [0.15, 0.2) is 11.6 Å². The second-order valence-corrected chi connectivity index (χ2v) is 31.4. The van der Waals surface area contributed by atoms with Gasteiger partial charge < -0.3 is 144 Å². The Balaban J connectivity index is 0.789. The second-order valence-electron chi connectivity index (χ2n) is 31.4. The number of ether oxygens (including phenoxy) is 12. The third-order valence-electron chi connectivity index (χ3n) is 25.2. The van der Waals surface area contributed by atoms with Crippen molar-refractivity contribution >= 4 is 5.97 Å². The average Bonchev–Trinajstić information content (AvgIpc) is 0.676. The summed E-state index contributed by atoms with van der Waals surface area (Å²) < 4.78 is 72.5. The summed E-state index contributed by atoms with van der Waals surface area (Å²) in [4.78, 5) is 15.3. The molecule has 0 aromatic heterocycles. The molecule has 11 rings (SSSR count). The zero-order valence-corrected chi connectivity index (χ0v) is 55.4. The van der Waals surface area contributed by atoms with Crippen LogP contribution in [0.2, 0.25) is 0 Å². The van der Waals surface area contributed by atoms with E-state index in [2.05, 4.69) is 54.5 Å². The molecule has 0 amide bonds. The van der Waals surface area contributed by atoms with Gasteiger partial charge in [-0.2, -0.15) is 0 Å². The summed E-state index contributed by atoms with van der Waals surface area (Å²) in [6, 6.07) is 0. The molecule has 0 aromatic rings. The number of esters is 1. The van der Waals surface area contributed by atoms with Gasteiger partial charge in [-0.15, -0.1) is 0 Å². The maximum absolute atomic E-state index is 15.3. The summed E-state index contributed by atoms with van der Waals surface area (Å²) in [5.41, 5.74) is -1.64. The lowest BCUT2D eigenvalue weighted by Gasteiger charge is -2.71. The molecule has 95 heavy (non-hydrogen) atoms. The monoisotopic (exact) mass is 1370 g/mol. The third kappa shape index (κ3) is 12.9. The molecule has 17 N–H and O–H groups in total. The number of fused-ring (bicyclic) bond motifs is 7. The summed E-state index contributed by atoms with van der Waals surface area (Å²) >= 11 is 0. The highest BCUT2D eigenvalue weighted by Gasteiger charge is 2.71. The Morgan fingerprint density at radius 1 is 0.495 bits per heavy atom. The standard InChI is InChI=1S/C65H106O30/c1-25-36(69)40(73)45(78)54(86-25)93-51-31(22-67)89-53(49(82)44(51)77)85-24-32-39(72)43(76)48(81)57(90-32)95-59(83)65-18-16-60(3,4)20-28(65)27-10-11-34-62(7)14-13-35(61(5,6)33(62)12-15-64(34,9)63(27,8)17-19-65)91-58-52(94-55-46(79)41(74)37(70)26(2)87-55)50(29(68)23-84-58)92-56-47(80)42(75)38(71)30(21-66)88-56/h10,25-26,28-58,66-82H,11-24H2,1-9H3/t25-,26-,28?,29-,30+,31+,32+,33-,34+,35-,36-,37-,38-,39+,40+,41+,42-,43-,44+,45+,46+,47+,48+,49+,50-,51+,52+,53+,54-,55-,56-,57-,58-,62-,63+,64+,65-/m0/s1. The smallest absolute Gasteiger partial charge is 0.315 e. The Morgan fingerprint density at radius 2 is 1.01 bits per heavy atom. The molecule has 30 heteroatoms. The first kappa shape index (κ1) is 74.3. The van der Waals surface area contributed by atoms with E-state index >= 15 is 4.79 Å². The Morgan fingerprint density at radius 3 is 1.62 bits per heavy atom. The summed E-state index contributed by atoms with van der Waals surface area (Å²) in [5.74, 6) is -0.729. The van der Waals surface area contributed by atoms with Gasteiger partial charge in [-0.1, -0.05) is 60.1 Å². The van der Waals surface area contributed by atoms with Crippen LogP contribution in [0, 0.1) is 50.2 Å². The van der Waals surface area contributed by atoms with Crippen molar-refractivity contribution in [2.45, 2.75) is 311 Å². The van der Waals surface area contributed by atoms with Crippen molar-refractivity contribution in [2.24, 2.45) is 50.2 Å². The lowest BCUT2D eigenvalue weighted by molar-refractivity contribution is -0.388. The predicted molar refractivity (Wildman–Crippen MR) is 319 cm³/mol. The molecule has 11 aliphatic rings. The van der Waals surface area contributed by atoms with Gasteiger partial charge in [-0.3, -0.25) is 4.79 Å². The number of hydrogen-bond acceptors (Lipinski definition) is 30. The number of carbonyl (C=O) groups is 1. The average molecular weight is 1370 g/mol. The van der Waals surface area contributed by atoms with Crippen molar-refractivity contribution in [1.29, 1.82) is 0 Å². The number of aliphatic hydroxyl groups is 17. The van der Waals surface area contributed by atoms with Gasteiger partial charge in [-0.25, -0.2) is 0 Å². The fourth-order valence-corrected chi connectivity index (χ4v) is 19.0. The molecule has 6 saturated heterocycles. The van der Waals surface area contributed by atoms with E-state index < -0.39 is 226 Å². The summed E-state index contributed by atoms with van der Waals surface area (Å²) in [7, 11) is 0. The Kier molecular flexibility index (Phi) is 21.7. The molecule has 5 aliphatic carbocycles. The summed E-state index contributed by atoms with van der Waals surface area (Å²) in [5, 5.41) is 184. The molecule has 37 atom stereocenters.